The fourth-order valence-corrected chi connectivity index (χ4v) is 3.06. The van der Waals surface area contributed by atoms with E-state index in [9.17, 15) is 9.90 Å². The first kappa shape index (κ1) is 18.4. The van der Waals surface area contributed by atoms with E-state index in [4.69, 9.17) is 10.5 Å². The van der Waals surface area contributed by atoms with Crippen LogP contribution >= 0.6 is 0 Å². The first-order valence-electron chi connectivity index (χ1n) is 8.44. The first-order valence-corrected chi connectivity index (χ1v) is 8.44. The number of hydrogen-bond donors (Lipinski definition) is 2. The Bertz CT molecular complexity index is 589. The van der Waals surface area contributed by atoms with Gasteiger partial charge in [-0.05, 0) is 37.9 Å². The van der Waals surface area contributed by atoms with Crippen molar-refractivity contribution >= 4 is 11.8 Å². The van der Waals surface area contributed by atoms with Gasteiger partial charge in [0.15, 0.2) is 0 Å². The second-order valence-electron chi connectivity index (χ2n) is 6.10. The molecule has 0 bridgehead atoms. The molecule has 132 valence electrons. The third kappa shape index (κ3) is 4.79. The molecule has 0 radical (unpaired) electrons. The molecule has 0 spiro atoms. The summed E-state index contributed by atoms with van der Waals surface area (Å²) in [5, 5.41) is 10.5. The molecule has 0 aliphatic carbocycles. The Morgan fingerprint density at radius 1 is 1.54 bits per heavy atom. The number of benzene rings is 1. The van der Waals surface area contributed by atoms with Crippen LogP contribution in [-0.2, 0) is 9.53 Å². The van der Waals surface area contributed by atoms with E-state index in [2.05, 4.69) is 9.89 Å². The topological polar surface area (TPSA) is 88.1 Å². The van der Waals surface area contributed by atoms with Gasteiger partial charge in [0.1, 0.15) is 5.84 Å². The molecule has 6 nitrogen and oxygen atoms in total. The van der Waals surface area contributed by atoms with Crippen LogP contribution in [0.2, 0.25) is 0 Å². The largest absolute Gasteiger partial charge is 0.466 e. The summed E-state index contributed by atoms with van der Waals surface area (Å²) in [5.41, 5.74) is 7.44. The summed E-state index contributed by atoms with van der Waals surface area (Å²) in [6.07, 6.45) is 1.16. The van der Waals surface area contributed by atoms with Crippen molar-refractivity contribution < 1.29 is 14.6 Å². The number of rotatable bonds is 6. The van der Waals surface area contributed by atoms with Crippen molar-refractivity contribution in [2.24, 2.45) is 16.6 Å². The van der Waals surface area contributed by atoms with E-state index in [-0.39, 0.29) is 11.9 Å². The Morgan fingerprint density at radius 3 is 3.04 bits per heavy atom. The molecule has 6 heteroatoms. The number of ether oxygens (including phenoxy) is 1. The number of nitrogens with two attached hydrogens (primary N) is 1. The summed E-state index contributed by atoms with van der Waals surface area (Å²) >= 11 is 0. The van der Waals surface area contributed by atoms with Crippen molar-refractivity contribution in [2.45, 2.75) is 25.9 Å². The van der Waals surface area contributed by atoms with Crippen LogP contribution in [0.25, 0.3) is 0 Å². The van der Waals surface area contributed by atoms with Gasteiger partial charge in [0.25, 0.3) is 0 Å². The minimum absolute atomic E-state index is 0.0971. The average Bonchev–Trinajstić information content (AvgIpc) is 2.61. The van der Waals surface area contributed by atoms with Crippen LogP contribution in [0.5, 0.6) is 0 Å². The summed E-state index contributed by atoms with van der Waals surface area (Å²) in [7, 11) is 1.64. The second kappa shape index (κ2) is 8.80. The molecule has 2 atom stereocenters. The van der Waals surface area contributed by atoms with Crippen molar-refractivity contribution in [3.63, 3.8) is 0 Å². The minimum atomic E-state index is -0.629. The van der Waals surface area contributed by atoms with Gasteiger partial charge in [-0.2, -0.15) is 0 Å². The van der Waals surface area contributed by atoms with Gasteiger partial charge in [0, 0.05) is 25.7 Å². The second-order valence-corrected chi connectivity index (χ2v) is 6.10. The molecule has 1 unspecified atom stereocenters. The third-order valence-corrected chi connectivity index (χ3v) is 4.36. The number of amidine groups is 1. The molecule has 0 saturated carbocycles. The van der Waals surface area contributed by atoms with Gasteiger partial charge < -0.3 is 15.6 Å². The van der Waals surface area contributed by atoms with E-state index in [1.165, 1.54) is 0 Å². The van der Waals surface area contributed by atoms with Gasteiger partial charge in [0.05, 0.1) is 18.6 Å². The standard InChI is InChI=1S/C18H27N3O3/c1-3-24-18(23)15-8-5-9-21(11-15)12-16(22)13-6-4-7-14(10-13)17(19)20-2/h4,6-7,10,15-16,22H,3,5,8-9,11-12H2,1-2H3,(H2,19,20)/t15-,16?/m0/s1. The van der Waals surface area contributed by atoms with Crippen LogP contribution in [0.1, 0.15) is 37.0 Å². The van der Waals surface area contributed by atoms with Gasteiger partial charge in [-0.15, -0.1) is 0 Å². The zero-order valence-electron chi connectivity index (χ0n) is 14.4. The van der Waals surface area contributed by atoms with Crippen LogP contribution in [0.4, 0.5) is 0 Å². The minimum Gasteiger partial charge on any atom is -0.466 e. The number of β-amino-alcohol motifs (C(OH)–C–C–N with tert-alkyl or cyclic N) is 1. The number of aliphatic imine (C=N–C) groups is 1. The van der Waals surface area contributed by atoms with E-state index < -0.39 is 6.10 Å². The molecule has 1 aliphatic heterocycles. The first-order chi connectivity index (χ1) is 11.5. The summed E-state index contributed by atoms with van der Waals surface area (Å²) in [6, 6.07) is 7.48. The van der Waals surface area contributed by atoms with Gasteiger partial charge in [0.2, 0.25) is 0 Å². The van der Waals surface area contributed by atoms with Crippen LogP contribution in [0, 0.1) is 5.92 Å². The Labute approximate surface area is 143 Å². The summed E-state index contributed by atoms with van der Waals surface area (Å²) in [6.45, 7) is 4.23. The SMILES string of the molecule is CCOC(=O)[C@H]1CCCN(CC(O)c2cccc(/C(N)=N/C)c2)C1. The molecule has 1 saturated heterocycles. The molecule has 0 amide bonds. The Hall–Kier alpha value is -1.92. The maximum atomic E-state index is 11.9. The summed E-state index contributed by atoms with van der Waals surface area (Å²) in [4.78, 5) is 18.0. The zero-order chi connectivity index (χ0) is 17.5. The number of esters is 1. The third-order valence-electron chi connectivity index (χ3n) is 4.36. The predicted octanol–water partition coefficient (Wildman–Crippen LogP) is 1.33. The van der Waals surface area contributed by atoms with Gasteiger partial charge in [-0.25, -0.2) is 0 Å². The van der Waals surface area contributed by atoms with Crippen LogP contribution in [0.15, 0.2) is 29.3 Å². The fourth-order valence-electron chi connectivity index (χ4n) is 3.06. The molecular weight excluding hydrogens is 306 g/mol. The van der Waals surface area contributed by atoms with Crippen molar-refractivity contribution in [2.75, 3.05) is 33.3 Å². The molecule has 24 heavy (non-hydrogen) atoms. The van der Waals surface area contributed by atoms with E-state index in [0.717, 1.165) is 30.5 Å². The van der Waals surface area contributed by atoms with Crippen LogP contribution < -0.4 is 5.73 Å². The average molecular weight is 333 g/mol. The molecule has 1 aromatic rings. The Balaban J connectivity index is 1.99. The lowest BCUT2D eigenvalue weighted by molar-refractivity contribution is -0.150. The lowest BCUT2D eigenvalue weighted by Gasteiger charge is -2.32. The highest BCUT2D eigenvalue weighted by Gasteiger charge is 2.28. The number of aliphatic hydroxyl groups excluding tert-OH is 1. The lowest BCUT2D eigenvalue weighted by Crippen LogP contribution is -2.41. The number of carbonyl (C=O) groups excluding carboxylic acids is 1. The smallest absolute Gasteiger partial charge is 0.310 e. The van der Waals surface area contributed by atoms with Crippen molar-refractivity contribution in [3.05, 3.63) is 35.4 Å². The number of likely N-dealkylation sites (tertiary alicyclic amines) is 1. The molecular formula is C18H27N3O3. The van der Waals surface area contributed by atoms with Crippen molar-refractivity contribution in [1.82, 2.24) is 4.90 Å². The number of hydrogen-bond acceptors (Lipinski definition) is 5. The molecule has 1 aliphatic rings. The van der Waals surface area contributed by atoms with E-state index in [0.29, 0.717) is 25.5 Å². The Morgan fingerprint density at radius 2 is 2.33 bits per heavy atom. The van der Waals surface area contributed by atoms with Crippen LogP contribution in [-0.4, -0.2) is 55.1 Å². The van der Waals surface area contributed by atoms with Crippen molar-refractivity contribution in [3.8, 4) is 0 Å². The molecule has 2 rings (SSSR count). The molecule has 0 aromatic heterocycles. The van der Waals surface area contributed by atoms with Crippen molar-refractivity contribution in [1.29, 1.82) is 0 Å². The summed E-state index contributed by atoms with van der Waals surface area (Å²) < 4.78 is 5.12. The molecule has 1 heterocycles. The van der Waals surface area contributed by atoms with E-state index >= 15 is 0 Å². The fraction of sp³-hybridized carbons (Fsp3) is 0.556. The highest BCUT2D eigenvalue weighted by molar-refractivity contribution is 5.97. The highest BCUT2D eigenvalue weighted by atomic mass is 16.5. The van der Waals surface area contributed by atoms with Gasteiger partial charge >= 0.3 is 5.97 Å². The number of piperidine rings is 1. The zero-order valence-corrected chi connectivity index (χ0v) is 14.4. The van der Waals surface area contributed by atoms with Crippen LogP contribution in [0.3, 0.4) is 0 Å². The lowest BCUT2D eigenvalue weighted by atomic mass is 9.97. The predicted molar refractivity (Wildman–Crippen MR) is 93.8 cm³/mol. The normalized spacial score (nSPS) is 20.6. The summed E-state index contributed by atoms with van der Waals surface area (Å²) in [5.74, 6) is 0.218. The van der Waals surface area contributed by atoms with E-state index in [1.807, 2.05) is 31.2 Å². The van der Waals surface area contributed by atoms with E-state index in [1.54, 1.807) is 7.05 Å². The number of nitrogens with zero attached hydrogens (tertiary/aromatic N) is 2. The monoisotopic (exact) mass is 333 g/mol. The molecule has 1 aromatic carbocycles. The maximum absolute atomic E-state index is 11.9. The molecule has 1 fully saturated rings. The number of aliphatic hydroxyl groups is 1. The van der Waals surface area contributed by atoms with Gasteiger partial charge in [-0.3, -0.25) is 14.7 Å². The highest BCUT2D eigenvalue weighted by Crippen LogP contribution is 2.22. The maximum Gasteiger partial charge on any atom is 0.310 e. The van der Waals surface area contributed by atoms with Gasteiger partial charge in [-0.1, -0.05) is 18.2 Å². The quantitative estimate of drug-likeness (QED) is 0.466. The molecule has 3 N–H and O–H groups in total. The Kier molecular flexibility index (Phi) is 6.75. The number of carbonyl (C=O) groups is 1.